The van der Waals surface area contributed by atoms with Gasteiger partial charge in [-0.2, -0.15) is 0 Å². The second-order valence-corrected chi connectivity index (χ2v) is 6.31. The number of benzene rings is 1. The number of para-hydroxylation sites is 1. The molecule has 0 bridgehead atoms. The molecule has 1 fully saturated rings. The van der Waals surface area contributed by atoms with Crippen LogP contribution in [0.3, 0.4) is 0 Å². The summed E-state index contributed by atoms with van der Waals surface area (Å²) in [5.74, 6) is -0.137. The second kappa shape index (κ2) is 9.20. The first kappa shape index (κ1) is 18.2. The number of amides is 1. The number of piperazine rings is 1. The molecule has 0 radical (unpaired) electrons. The highest BCUT2D eigenvalue weighted by atomic mass is 16.5. The maximum Gasteiger partial charge on any atom is 0.269 e. The fraction of sp³-hybridized carbons (Fsp3) is 0.400. The monoisotopic (exact) mass is 354 g/mol. The molecular weight excluding hydrogens is 328 g/mol. The molecule has 26 heavy (non-hydrogen) atoms. The van der Waals surface area contributed by atoms with Crippen molar-refractivity contribution < 1.29 is 9.53 Å². The summed E-state index contributed by atoms with van der Waals surface area (Å²) in [6, 6.07) is 14.3. The number of hydrogen-bond donors (Lipinski definition) is 1. The van der Waals surface area contributed by atoms with E-state index in [9.17, 15) is 4.79 Å². The van der Waals surface area contributed by atoms with E-state index in [1.54, 1.807) is 19.4 Å². The van der Waals surface area contributed by atoms with Crippen molar-refractivity contribution in [3.8, 4) is 0 Å². The number of methoxy groups -OCH3 is 1. The minimum Gasteiger partial charge on any atom is -0.385 e. The highest BCUT2D eigenvalue weighted by molar-refractivity contribution is 5.92. The van der Waals surface area contributed by atoms with Crippen LogP contribution in [0.5, 0.6) is 0 Å². The summed E-state index contributed by atoms with van der Waals surface area (Å²) in [7, 11) is 1.65. The van der Waals surface area contributed by atoms with Gasteiger partial charge in [-0.25, -0.2) is 4.98 Å². The molecule has 1 amide bonds. The number of aromatic nitrogens is 1. The van der Waals surface area contributed by atoms with Gasteiger partial charge in [0, 0.05) is 52.1 Å². The van der Waals surface area contributed by atoms with Gasteiger partial charge in [-0.3, -0.25) is 4.79 Å². The van der Waals surface area contributed by atoms with Crippen LogP contribution in [0.1, 0.15) is 16.9 Å². The Balaban J connectivity index is 1.51. The Hall–Kier alpha value is -2.60. The highest BCUT2D eigenvalue weighted by Gasteiger charge is 2.18. The van der Waals surface area contributed by atoms with Crippen molar-refractivity contribution in [3.63, 3.8) is 0 Å². The largest absolute Gasteiger partial charge is 0.385 e. The van der Waals surface area contributed by atoms with Crippen molar-refractivity contribution in [3.05, 3.63) is 54.4 Å². The number of rotatable bonds is 7. The van der Waals surface area contributed by atoms with E-state index in [0.717, 1.165) is 38.3 Å². The van der Waals surface area contributed by atoms with E-state index in [1.165, 1.54) is 5.69 Å². The lowest BCUT2D eigenvalue weighted by molar-refractivity contribution is 0.0943. The zero-order valence-corrected chi connectivity index (χ0v) is 15.2. The van der Waals surface area contributed by atoms with E-state index in [0.29, 0.717) is 18.8 Å². The van der Waals surface area contributed by atoms with E-state index in [-0.39, 0.29) is 5.91 Å². The third kappa shape index (κ3) is 4.73. The minimum atomic E-state index is -0.137. The summed E-state index contributed by atoms with van der Waals surface area (Å²) in [5.41, 5.74) is 2.79. The van der Waals surface area contributed by atoms with Crippen molar-refractivity contribution >= 4 is 17.3 Å². The van der Waals surface area contributed by atoms with Gasteiger partial charge in [-0.15, -0.1) is 0 Å². The third-order valence-electron chi connectivity index (χ3n) is 4.56. The summed E-state index contributed by atoms with van der Waals surface area (Å²) in [4.78, 5) is 21.1. The lowest BCUT2D eigenvalue weighted by Gasteiger charge is -2.37. The molecule has 0 aliphatic carbocycles. The van der Waals surface area contributed by atoms with Gasteiger partial charge in [0.15, 0.2) is 0 Å². The van der Waals surface area contributed by atoms with Crippen LogP contribution in [0, 0.1) is 0 Å². The van der Waals surface area contributed by atoms with E-state index in [2.05, 4.69) is 44.4 Å². The number of nitrogens with zero attached hydrogens (tertiary/aromatic N) is 3. The molecule has 2 heterocycles. The van der Waals surface area contributed by atoms with E-state index in [1.807, 2.05) is 12.1 Å². The fourth-order valence-corrected chi connectivity index (χ4v) is 3.08. The number of pyridine rings is 1. The number of ether oxygens (including phenoxy) is 1. The predicted molar refractivity (Wildman–Crippen MR) is 104 cm³/mol. The Kier molecular flexibility index (Phi) is 6.44. The number of carbonyl (C=O) groups excluding carboxylic acids is 1. The molecule has 1 aliphatic rings. The number of hydrogen-bond acceptors (Lipinski definition) is 5. The normalized spacial score (nSPS) is 14.3. The van der Waals surface area contributed by atoms with E-state index < -0.39 is 0 Å². The van der Waals surface area contributed by atoms with Crippen molar-refractivity contribution in [2.24, 2.45) is 0 Å². The van der Waals surface area contributed by atoms with Gasteiger partial charge < -0.3 is 19.9 Å². The average Bonchev–Trinajstić information content (AvgIpc) is 2.72. The summed E-state index contributed by atoms with van der Waals surface area (Å²) in [6.45, 7) is 5.08. The maximum absolute atomic E-state index is 12.1. The zero-order valence-electron chi connectivity index (χ0n) is 15.2. The molecule has 1 N–H and O–H groups in total. The molecule has 1 saturated heterocycles. The van der Waals surface area contributed by atoms with Gasteiger partial charge in [0.25, 0.3) is 5.91 Å². The van der Waals surface area contributed by atoms with Crippen molar-refractivity contribution in [2.45, 2.75) is 6.42 Å². The van der Waals surface area contributed by atoms with Crippen molar-refractivity contribution in [1.29, 1.82) is 0 Å². The van der Waals surface area contributed by atoms with Crippen LogP contribution >= 0.6 is 0 Å². The van der Waals surface area contributed by atoms with Gasteiger partial charge in [0.2, 0.25) is 0 Å². The molecule has 1 aromatic carbocycles. The lowest BCUT2D eigenvalue weighted by atomic mass is 10.2. The average molecular weight is 354 g/mol. The first-order valence-electron chi connectivity index (χ1n) is 9.06. The molecule has 6 heteroatoms. The molecule has 2 aromatic rings. The Morgan fingerprint density at radius 1 is 1.04 bits per heavy atom. The van der Waals surface area contributed by atoms with Crippen LogP contribution < -0.4 is 15.1 Å². The second-order valence-electron chi connectivity index (χ2n) is 6.31. The van der Waals surface area contributed by atoms with Gasteiger partial charge in [-0.05, 0) is 30.7 Å². The summed E-state index contributed by atoms with van der Waals surface area (Å²) < 4.78 is 4.97. The Morgan fingerprint density at radius 2 is 1.73 bits per heavy atom. The quantitative estimate of drug-likeness (QED) is 0.773. The fourth-order valence-electron chi connectivity index (χ4n) is 3.08. The SMILES string of the molecule is COCCCNC(=O)c1ccc(N2CCN(c3ccccc3)CC2)cn1. The van der Waals surface area contributed by atoms with Gasteiger partial charge in [0.05, 0.1) is 11.9 Å². The molecule has 0 spiro atoms. The van der Waals surface area contributed by atoms with Crippen LogP contribution in [0.4, 0.5) is 11.4 Å². The Bertz CT molecular complexity index is 683. The summed E-state index contributed by atoms with van der Waals surface area (Å²) >= 11 is 0. The van der Waals surface area contributed by atoms with Crippen molar-refractivity contribution in [2.75, 3.05) is 56.2 Å². The molecule has 0 atom stereocenters. The van der Waals surface area contributed by atoms with Crippen LogP contribution in [0.15, 0.2) is 48.7 Å². The maximum atomic E-state index is 12.1. The summed E-state index contributed by atoms with van der Waals surface area (Å²) in [6.07, 6.45) is 2.59. The molecule has 0 saturated carbocycles. The molecule has 138 valence electrons. The van der Waals surface area contributed by atoms with Crippen LogP contribution in [-0.2, 0) is 4.74 Å². The molecular formula is C20H26N4O2. The Labute approximate surface area is 154 Å². The molecule has 1 aliphatic heterocycles. The topological polar surface area (TPSA) is 57.7 Å². The first-order valence-corrected chi connectivity index (χ1v) is 9.06. The van der Waals surface area contributed by atoms with Crippen molar-refractivity contribution in [1.82, 2.24) is 10.3 Å². The summed E-state index contributed by atoms with van der Waals surface area (Å²) in [5, 5.41) is 2.86. The minimum absolute atomic E-state index is 0.137. The van der Waals surface area contributed by atoms with E-state index >= 15 is 0 Å². The molecule has 1 aromatic heterocycles. The van der Waals surface area contributed by atoms with Crippen LogP contribution in [-0.4, -0.2) is 57.3 Å². The highest BCUT2D eigenvalue weighted by Crippen LogP contribution is 2.19. The van der Waals surface area contributed by atoms with Gasteiger partial charge in [-0.1, -0.05) is 18.2 Å². The Morgan fingerprint density at radius 3 is 2.35 bits per heavy atom. The standard InChI is InChI=1S/C20H26N4O2/c1-26-15-5-10-21-20(25)19-9-8-18(16-22-19)24-13-11-23(12-14-24)17-6-3-2-4-7-17/h2-4,6-9,16H,5,10-15H2,1H3,(H,21,25). The zero-order chi connectivity index (χ0) is 18.2. The number of carbonyl (C=O) groups is 1. The van der Waals surface area contributed by atoms with Crippen LogP contribution in [0.25, 0.3) is 0 Å². The lowest BCUT2D eigenvalue weighted by Crippen LogP contribution is -2.46. The molecule has 6 nitrogen and oxygen atoms in total. The van der Waals surface area contributed by atoms with Gasteiger partial charge in [0.1, 0.15) is 5.69 Å². The first-order chi connectivity index (χ1) is 12.8. The predicted octanol–water partition coefficient (Wildman–Crippen LogP) is 2.17. The molecule has 0 unspecified atom stereocenters. The van der Waals surface area contributed by atoms with E-state index in [4.69, 9.17) is 4.74 Å². The number of nitrogens with one attached hydrogen (secondary N) is 1. The number of anilines is 2. The third-order valence-corrected chi connectivity index (χ3v) is 4.56. The molecule has 3 rings (SSSR count). The van der Waals surface area contributed by atoms with Crippen LogP contribution in [0.2, 0.25) is 0 Å². The van der Waals surface area contributed by atoms with Gasteiger partial charge >= 0.3 is 0 Å². The smallest absolute Gasteiger partial charge is 0.269 e.